The van der Waals surface area contributed by atoms with Crippen molar-refractivity contribution in [2.75, 3.05) is 10.0 Å². The van der Waals surface area contributed by atoms with Gasteiger partial charge in [0, 0.05) is 0 Å². The highest BCUT2D eigenvalue weighted by molar-refractivity contribution is 7.92. The van der Waals surface area contributed by atoms with Crippen LogP contribution in [0.15, 0.2) is 83.1 Å². The van der Waals surface area contributed by atoms with Crippen LogP contribution in [0, 0.1) is 0 Å². The van der Waals surface area contributed by atoms with E-state index in [1.165, 1.54) is 11.3 Å². The second-order valence-electron chi connectivity index (χ2n) is 7.47. The van der Waals surface area contributed by atoms with Crippen LogP contribution in [-0.2, 0) is 10.0 Å². The number of carbonyl (C=O) groups excluding carboxylic acids is 1. The molecule has 0 aliphatic heterocycles. The Morgan fingerprint density at radius 1 is 0.903 bits per heavy atom. The number of nitrogens with one attached hydrogen (secondary N) is 2. The van der Waals surface area contributed by atoms with Gasteiger partial charge >= 0.3 is 0 Å². The Kier molecular flexibility index (Phi) is 5.80. The number of hydrogen-bond acceptors (Lipinski definition) is 4. The zero-order valence-electron chi connectivity index (χ0n) is 17.1. The largest absolute Gasteiger partial charge is 0.319 e. The number of hydrogen-bond donors (Lipinski definition) is 2. The van der Waals surface area contributed by atoms with Gasteiger partial charge in [0.2, 0.25) is 0 Å². The number of amides is 1. The molecule has 0 saturated heterocycles. The Balaban J connectivity index is 1.73. The highest BCUT2D eigenvalue weighted by Gasteiger charge is 2.21. The minimum absolute atomic E-state index is 0.0490. The molecule has 0 spiro atoms. The molecule has 4 aromatic rings. The second kappa shape index (κ2) is 8.53. The lowest BCUT2D eigenvalue weighted by Crippen LogP contribution is -2.18. The van der Waals surface area contributed by atoms with Crippen molar-refractivity contribution >= 4 is 49.4 Å². The van der Waals surface area contributed by atoms with Crippen molar-refractivity contribution < 1.29 is 13.2 Å². The van der Waals surface area contributed by atoms with Crippen LogP contribution in [0.4, 0.5) is 11.4 Å². The van der Waals surface area contributed by atoms with Gasteiger partial charge in [0.05, 0.1) is 21.1 Å². The maximum absolute atomic E-state index is 13.3. The normalized spacial score (nSPS) is 11.6. The van der Waals surface area contributed by atoms with Gasteiger partial charge in [-0.1, -0.05) is 62.4 Å². The van der Waals surface area contributed by atoms with Gasteiger partial charge in [-0.05, 0) is 51.9 Å². The fraction of sp³-hybridized carbons (Fsp3) is 0.125. The molecule has 158 valence electrons. The number of benzene rings is 3. The van der Waals surface area contributed by atoms with E-state index in [0.717, 1.165) is 16.3 Å². The Labute approximate surface area is 185 Å². The van der Waals surface area contributed by atoms with Gasteiger partial charge in [-0.3, -0.25) is 9.52 Å². The lowest BCUT2D eigenvalue weighted by atomic mass is 10.0. The van der Waals surface area contributed by atoms with E-state index < -0.39 is 10.0 Å². The molecule has 0 atom stereocenters. The maximum Gasteiger partial charge on any atom is 0.265 e. The molecular weight excluding hydrogens is 428 g/mol. The Morgan fingerprint density at radius 3 is 2.39 bits per heavy atom. The summed E-state index contributed by atoms with van der Waals surface area (Å²) >= 11 is 1.33. The van der Waals surface area contributed by atoms with E-state index in [1.807, 2.05) is 55.6 Å². The molecule has 1 heterocycles. The molecule has 3 aromatic carbocycles. The van der Waals surface area contributed by atoms with E-state index in [2.05, 4.69) is 10.0 Å². The molecule has 2 N–H and O–H groups in total. The number of thiophene rings is 1. The molecule has 31 heavy (non-hydrogen) atoms. The standard InChI is InChI=1S/C24H22N2O3S2/c1-16(2)20-9-5-10-21(25-24(27)22-11-6-14-30-22)23(20)26-31(28,29)19-13-12-17-7-3-4-8-18(17)15-19/h3-16,26H,1-2H3,(H,25,27). The van der Waals surface area contributed by atoms with Crippen molar-refractivity contribution in [1.82, 2.24) is 0 Å². The topological polar surface area (TPSA) is 75.3 Å². The highest BCUT2D eigenvalue weighted by atomic mass is 32.2. The number of rotatable bonds is 6. The van der Waals surface area contributed by atoms with Crippen LogP contribution in [0.3, 0.4) is 0 Å². The van der Waals surface area contributed by atoms with Crippen LogP contribution in [0.25, 0.3) is 10.8 Å². The van der Waals surface area contributed by atoms with Crippen LogP contribution in [0.2, 0.25) is 0 Å². The summed E-state index contributed by atoms with van der Waals surface area (Å²) in [6, 6.07) is 21.5. The lowest BCUT2D eigenvalue weighted by molar-refractivity contribution is 0.103. The molecule has 0 radical (unpaired) electrons. The van der Waals surface area contributed by atoms with E-state index in [1.54, 1.807) is 36.4 Å². The molecule has 4 rings (SSSR count). The van der Waals surface area contributed by atoms with Gasteiger partial charge in [-0.2, -0.15) is 0 Å². The molecule has 0 unspecified atom stereocenters. The smallest absolute Gasteiger partial charge is 0.265 e. The molecule has 1 amide bonds. The summed E-state index contributed by atoms with van der Waals surface area (Å²) < 4.78 is 29.3. The lowest BCUT2D eigenvalue weighted by Gasteiger charge is -2.19. The molecule has 0 saturated carbocycles. The number of para-hydroxylation sites is 1. The summed E-state index contributed by atoms with van der Waals surface area (Å²) in [5.74, 6) is -0.227. The van der Waals surface area contributed by atoms with Crippen LogP contribution in [0.5, 0.6) is 0 Å². The van der Waals surface area contributed by atoms with E-state index in [0.29, 0.717) is 16.3 Å². The van der Waals surface area contributed by atoms with Gasteiger partial charge in [-0.25, -0.2) is 8.42 Å². The van der Waals surface area contributed by atoms with Crippen molar-refractivity contribution in [3.63, 3.8) is 0 Å². The van der Waals surface area contributed by atoms with Crippen molar-refractivity contribution in [2.45, 2.75) is 24.7 Å². The third kappa shape index (κ3) is 4.47. The average molecular weight is 451 g/mol. The first-order chi connectivity index (χ1) is 14.8. The first kappa shape index (κ1) is 21.1. The molecule has 5 nitrogen and oxygen atoms in total. The van der Waals surface area contributed by atoms with Crippen molar-refractivity contribution in [1.29, 1.82) is 0 Å². The maximum atomic E-state index is 13.3. The van der Waals surface area contributed by atoms with E-state index >= 15 is 0 Å². The number of sulfonamides is 1. The van der Waals surface area contributed by atoms with Gasteiger partial charge in [0.1, 0.15) is 0 Å². The molecule has 0 bridgehead atoms. The molecule has 0 aliphatic carbocycles. The highest BCUT2D eigenvalue weighted by Crippen LogP contribution is 2.34. The Hall–Kier alpha value is -3.16. The minimum Gasteiger partial charge on any atom is -0.319 e. The average Bonchev–Trinajstić information content (AvgIpc) is 3.29. The van der Waals surface area contributed by atoms with Crippen molar-refractivity contribution in [3.8, 4) is 0 Å². The summed E-state index contributed by atoms with van der Waals surface area (Å²) in [7, 11) is -3.87. The number of anilines is 2. The molecular formula is C24H22N2O3S2. The summed E-state index contributed by atoms with van der Waals surface area (Å²) in [6.07, 6.45) is 0. The predicted octanol–water partition coefficient (Wildman–Crippen LogP) is 6.08. The summed E-state index contributed by atoms with van der Waals surface area (Å²) in [5, 5.41) is 6.49. The monoisotopic (exact) mass is 450 g/mol. The van der Waals surface area contributed by atoms with Crippen molar-refractivity contribution in [2.24, 2.45) is 0 Å². The van der Waals surface area contributed by atoms with E-state index in [4.69, 9.17) is 0 Å². The zero-order chi connectivity index (χ0) is 22.0. The molecule has 1 aromatic heterocycles. The first-order valence-electron chi connectivity index (χ1n) is 9.84. The second-order valence-corrected chi connectivity index (χ2v) is 10.1. The summed E-state index contributed by atoms with van der Waals surface area (Å²) in [6.45, 7) is 3.96. The van der Waals surface area contributed by atoms with Crippen LogP contribution < -0.4 is 10.0 Å². The van der Waals surface area contributed by atoms with Crippen LogP contribution in [0.1, 0.15) is 35.0 Å². The SMILES string of the molecule is CC(C)c1cccc(NC(=O)c2cccs2)c1NS(=O)(=O)c1ccc2ccccc2c1. The van der Waals surface area contributed by atoms with Crippen LogP contribution in [-0.4, -0.2) is 14.3 Å². The number of fused-ring (bicyclic) bond motifs is 1. The zero-order valence-corrected chi connectivity index (χ0v) is 18.8. The van der Waals surface area contributed by atoms with E-state index in [-0.39, 0.29) is 16.7 Å². The van der Waals surface area contributed by atoms with Crippen LogP contribution >= 0.6 is 11.3 Å². The fourth-order valence-electron chi connectivity index (χ4n) is 3.39. The quantitative estimate of drug-likeness (QED) is 0.374. The third-order valence-corrected chi connectivity index (χ3v) is 7.20. The third-order valence-electron chi connectivity index (χ3n) is 4.98. The summed E-state index contributed by atoms with van der Waals surface area (Å²) in [4.78, 5) is 13.3. The minimum atomic E-state index is -3.87. The van der Waals surface area contributed by atoms with Crippen molar-refractivity contribution in [3.05, 3.63) is 88.6 Å². The first-order valence-corrected chi connectivity index (χ1v) is 12.2. The Morgan fingerprint density at radius 2 is 1.68 bits per heavy atom. The van der Waals surface area contributed by atoms with Gasteiger partial charge in [0.15, 0.2) is 0 Å². The predicted molar refractivity (Wildman–Crippen MR) is 128 cm³/mol. The summed E-state index contributed by atoms with van der Waals surface area (Å²) in [5.41, 5.74) is 1.61. The molecule has 7 heteroatoms. The van der Waals surface area contributed by atoms with Gasteiger partial charge < -0.3 is 5.32 Å². The van der Waals surface area contributed by atoms with E-state index in [9.17, 15) is 13.2 Å². The molecule has 0 aliphatic rings. The molecule has 0 fully saturated rings. The van der Waals surface area contributed by atoms with Gasteiger partial charge in [0.25, 0.3) is 15.9 Å². The Bertz CT molecular complexity index is 1340. The fourth-order valence-corrected chi connectivity index (χ4v) is 5.15. The van der Waals surface area contributed by atoms with Gasteiger partial charge in [-0.15, -0.1) is 11.3 Å². The number of carbonyl (C=O) groups is 1.